The van der Waals surface area contributed by atoms with Gasteiger partial charge in [-0.1, -0.05) is 19.3 Å². The monoisotopic (exact) mass is 347 g/mol. The van der Waals surface area contributed by atoms with Crippen molar-refractivity contribution >= 4 is 5.91 Å². The predicted octanol–water partition coefficient (Wildman–Crippen LogP) is 3.10. The lowest BCUT2D eigenvalue weighted by molar-refractivity contribution is -0.126. The highest BCUT2D eigenvalue weighted by atomic mass is 16.5. The highest BCUT2D eigenvalue weighted by molar-refractivity contribution is 5.79. The first-order valence-corrected chi connectivity index (χ1v) is 9.45. The number of fused-ring (bicyclic) bond motifs is 1. The molecule has 1 aliphatic heterocycles. The van der Waals surface area contributed by atoms with Gasteiger partial charge >= 0.3 is 0 Å². The van der Waals surface area contributed by atoms with Crippen LogP contribution in [0.25, 0.3) is 0 Å². The molecule has 1 heterocycles. The molecule has 1 saturated carbocycles. The van der Waals surface area contributed by atoms with E-state index in [0.29, 0.717) is 25.7 Å². The van der Waals surface area contributed by atoms with E-state index in [1.165, 1.54) is 32.1 Å². The van der Waals surface area contributed by atoms with Crippen LogP contribution in [0.1, 0.15) is 44.1 Å². The number of amides is 1. The van der Waals surface area contributed by atoms with E-state index in [9.17, 15) is 4.79 Å². The first-order chi connectivity index (χ1) is 12.3. The van der Waals surface area contributed by atoms with Crippen LogP contribution in [0.15, 0.2) is 18.2 Å². The number of carbonyl (C=O) groups is 1. The van der Waals surface area contributed by atoms with E-state index in [4.69, 9.17) is 14.2 Å². The van der Waals surface area contributed by atoms with E-state index in [0.717, 1.165) is 30.1 Å². The Balaban J connectivity index is 1.37. The number of hydrogen-bond acceptors (Lipinski definition) is 4. The zero-order valence-electron chi connectivity index (χ0n) is 15.1. The van der Waals surface area contributed by atoms with Crippen LogP contribution >= 0.6 is 0 Å². The molecule has 0 aromatic heterocycles. The maximum atomic E-state index is 12.4. The molecular formula is C20H29NO4. The van der Waals surface area contributed by atoms with Gasteiger partial charge in [-0.3, -0.25) is 4.79 Å². The molecule has 0 spiro atoms. The van der Waals surface area contributed by atoms with Gasteiger partial charge in [0.2, 0.25) is 5.91 Å². The fraction of sp³-hybridized carbons (Fsp3) is 0.650. The number of benzene rings is 1. The number of hydrogen-bond donors (Lipinski definition) is 1. The van der Waals surface area contributed by atoms with Crippen LogP contribution in [-0.4, -0.2) is 38.9 Å². The molecule has 0 radical (unpaired) electrons. The third kappa shape index (κ3) is 5.11. The molecule has 1 aromatic carbocycles. The third-order valence-electron chi connectivity index (χ3n) is 5.07. The largest absolute Gasteiger partial charge is 0.497 e. The van der Waals surface area contributed by atoms with Gasteiger partial charge < -0.3 is 19.5 Å². The van der Waals surface area contributed by atoms with Gasteiger partial charge in [0.15, 0.2) is 0 Å². The van der Waals surface area contributed by atoms with Gasteiger partial charge in [0.1, 0.15) is 18.1 Å². The summed E-state index contributed by atoms with van der Waals surface area (Å²) in [6.45, 7) is 1.82. The first-order valence-electron chi connectivity index (χ1n) is 9.45. The van der Waals surface area contributed by atoms with Crippen LogP contribution in [0.4, 0.5) is 0 Å². The maximum Gasteiger partial charge on any atom is 0.226 e. The van der Waals surface area contributed by atoms with Gasteiger partial charge in [0, 0.05) is 13.2 Å². The van der Waals surface area contributed by atoms with Crippen LogP contribution in [0.3, 0.4) is 0 Å². The predicted molar refractivity (Wildman–Crippen MR) is 96.1 cm³/mol. The lowest BCUT2D eigenvalue weighted by Gasteiger charge is -2.25. The first kappa shape index (κ1) is 18.1. The Morgan fingerprint density at radius 1 is 1.28 bits per heavy atom. The Labute approximate surface area is 150 Å². The minimum atomic E-state index is -0.140. The van der Waals surface area contributed by atoms with Crippen molar-refractivity contribution < 1.29 is 19.0 Å². The highest BCUT2D eigenvalue weighted by Gasteiger charge is 2.26. The van der Waals surface area contributed by atoms with Gasteiger partial charge in [0.25, 0.3) is 0 Å². The topological polar surface area (TPSA) is 56.8 Å². The molecule has 5 heteroatoms. The summed E-state index contributed by atoms with van der Waals surface area (Å²) in [4.78, 5) is 12.4. The summed E-state index contributed by atoms with van der Waals surface area (Å²) in [5, 5.41) is 3.02. The van der Waals surface area contributed by atoms with Crippen LogP contribution < -0.4 is 14.8 Å². The van der Waals surface area contributed by atoms with Crippen molar-refractivity contribution in [1.82, 2.24) is 5.32 Å². The van der Waals surface area contributed by atoms with Gasteiger partial charge in [-0.2, -0.15) is 0 Å². The molecule has 138 valence electrons. The van der Waals surface area contributed by atoms with Crippen molar-refractivity contribution in [1.29, 1.82) is 0 Å². The molecule has 2 aliphatic rings. The zero-order chi connectivity index (χ0) is 17.5. The number of nitrogens with one attached hydrogen (secondary N) is 1. The summed E-state index contributed by atoms with van der Waals surface area (Å²) >= 11 is 0. The van der Waals surface area contributed by atoms with E-state index in [2.05, 4.69) is 5.32 Å². The van der Waals surface area contributed by atoms with Gasteiger partial charge in [0.05, 0.1) is 19.1 Å². The second-order valence-corrected chi connectivity index (χ2v) is 6.96. The molecule has 1 fully saturated rings. The summed E-state index contributed by atoms with van der Waals surface area (Å²) in [5.41, 5.74) is 1.03. The fourth-order valence-corrected chi connectivity index (χ4v) is 3.58. The average molecular weight is 347 g/mol. The minimum Gasteiger partial charge on any atom is -0.497 e. The SMILES string of the molecule is COc1ccc2c(c1)CC(C(=O)NCCCOC1CCCCC1)CO2. The molecule has 0 bridgehead atoms. The Morgan fingerprint density at radius 2 is 2.12 bits per heavy atom. The Morgan fingerprint density at radius 3 is 2.92 bits per heavy atom. The Hall–Kier alpha value is -1.75. The van der Waals surface area contributed by atoms with E-state index in [1.54, 1.807) is 7.11 Å². The van der Waals surface area contributed by atoms with Crippen molar-refractivity contribution in [2.45, 2.75) is 51.0 Å². The molecule has 0 saturated heterocycles. The number of carbonyl (C=O) groups excluding carboxylic acids is 1. The molecule has 1 atom stereocenters. The minimum absolute atomic E-state index is 0.0612. The molecular weight excluding hydrogens is 318 g/mol. The van der Waals surface area contributed by atoms with Crippen molar-refractivity contribution in [2.24, 2.45) is 5.92 Å². The Kier molecular flexibility index (Phi) is 6.56. The lowest BCUT2D eigenvalue weighted by Crippen LogP contribution is -2.38. The number of rotatable bonds is 7. The maximum absolute atomic E-state index is 12.4. The normalized spacial score (nSPS) is 20.4. The molecule has 1 amide bonds. The number of methoxy groups -OCH3 is 1. The molecule has 1 unspecified atom stereocenters. The second-order valence-electron chi connectivity index (χ2n) is 6.96. The van der Waals surface area contributed by atoms with Crippen LogP contribution in [0.2, 0.25) is 0 Å². The summed E-state index contributed by atoms with van der Waals surface area (Å²) in [5.74, 6) is 1.57. The van der Waals surface area contributed by atoms with Crippen molar-refractivity contribution in [3.05, 3.63) is 23.8 Å². The van der Waals surface area contributed by atoms with Crippen LogP contribution in [0.5, 0.6) is 11.5 Å². The summed E-state index contributed by atoms with van der Waals surface area (Å²) in [7, 11) is 1.64. The van der Waals surface area contributed by atoms with Gasteiger partial charge in [-0.05, 0) is 49.4 Å². The summed E-state index contributed by atoms with van der Waals surface area (Å²) in [6.07, 6.45) is 8.28. The van der Waals surface area contributed by atoms with Crippen LogP contribution in [-0.2, 0) is 16.0 Å². The van der Waals surface area contributed by atoms with Crippen LogP contribution in [0, 0.1) is 5.92 Å². The van der Waals surface area contributed by atoms with Crippen molar-refractivity contribution in [2.75, 3.05) is 26.9 Å². The summed E-state index contributed by atoms with van der Waals surface area (Å²) < 4.78 is 16.9. The zero-order valence-corrected chi connectivity index (χ0v) is 15.1. The smallest absolute Gasteiger partial charge is 0.226 e. The van der Waals surface area contributed by atoms with E-state index < -0.39 is 0 Å². The highest BCUT2D eigenvalue weighted by Crippen LogP contribution is 2.30. The van der Waals surface area contributed by atoms with Crippen molar-refractivity contribution in [3.8, 4) is 11.5 Å². The molecule has 3 rings (SSSR count). The Bertz CT molecular complexity index is 569. The third-order valence-corrected chi connectivity index (χ3v) is 5.07. The van der Waals surface area contributed by atoms with Gasteiger partial charge in [-0.15, -0.1) is 0 Å². The van der Waals surface area contributed by atoms with Crippen molar-refractivity contribution in [3.63, 3.8) is 0 Å². The second kappa shape index (κ2) is 9.09. The number of ether oxygens (including phenoxy) is 3. The average Bonchev–Trinajstić information content (AvgIpc) is 2.67. The fourth-order valence-electron chi connectivity index (χ4n) is 3.58. The lowest BCUT2D eigenvalue weighted by atomic mass is 9.96. The standard InChI is InChI=1S/C20H29NO4/c1-23-18-8-9-19-15(13-18)12-16(14-25-19)20(22)21-10-5-11-24-17-6-3-2-4-7-17/h8-9,13,16-17H,2-7,10-12,14H2,1H3,(H,21,22). The van der Waals surface area contributed by atoms with E-state index >= 15 is 0 Å². The molecule has 1 aromatic rings. The molecule has 1 N–H and O–H groups in total. The van der Waals surface area contributed by atoms with Gasteiger partial charge in [-0.25, -0.2) is 0 Å². The quantitative estimate of drug-likeness (QED) is 0.770. The molecule has 5 nitrogen and oxygen atoms in total. The molecule has 1 aliphatic carbocycles. The summed E-state index contributed by atoms with van der Waals surface area (Å²) in [6, 6.07) is 5.74. The molecule has 25 heavy (non-hydrogen) atoms. The van der Waals surface area contributed by atoms with E-state index in [1.807, 2.05) is 18.2 Å². The van der Waals surface area contributed by atoms with E-state index in [-0.39, 0.29) is 11.8 Å².